The number of carboxylic acids is 1. The quantitative estimate of drug-likeness (QED) is 0.0820. The molecule has 2 heterocycles. The number of nitrogens with zero attached hydrogens (tertiary/aromatic N) is 1. The molecule has 4 unspecified atom stereocenters. The molecule has 4 aromatic rings. The summed E-state index contributed by atoms with van der Waals surface area (Å²) in [6, 6.07) is 8.03. The molecular formula is C30H34N8O7. The van der Waals surface area contributed by atoms with E-state index in [1.165, 1.54) is 24.7 Å². The highest BCUT2D eigenvalue weighted by Crippen LogP contribution is 2.19. The van der Waals surface area contributed by atoms with Crippen LogP contribution in [-0.2, 0) is 43.2 Å². The Bertz CT molecular complexity index is 1650. The Morgan fingerprint density at radius 3 is 2.16 bits per heavy atom. The summed E-state index contributed by atoms with van der Waals surface area (Å²) in [5.74, 6) is -4.64. The maximum Gasteiger partial charge on any atom is 0.326 e. The highest BCUT2D eigenvalue weighted by atomic mass is 16.4. The van der Waals surface area contributed by atoms with Gasteiger partial charge in [0.1, 0.15) is 23.9 Å². The fourth-order valence-electron chi connectivity index (χ4n) is 4.76. The first-order valence-electron chi connectivity index (χ1n) is 14.0. The van der Waals surface area contributed by atoms with Crippen LogP contribution in [0.2, 0.25) is 0 Å². The van der Waals surface area contributed by atoms with Gasteiger partial charge in [-0.15, -0.1) is 0 Å². The summed E-state index contributed by atoms with van der Waals surface area (Å²) < 4.78 is 0. The van der Waals surface area contributed by atoms with E-state index in [0.29, 0.717) is 16.8 Å². The maximum absolute atomic E-state index is 13.5. The number of benzene rings is 2. The van der Waals surface area contributed by atoms with Gasteiger partial charge in [0.2, 0.25) is 23.6 Å². The van der Waals surface area contributed by atoms with Crippen molar-refractivity contribution in [3.63, 3.8) is 0 Å². The average Bonchev–Trinajstić information content (AvgIpc) is 3.67. The van der Waals surface area contributed by atoms with Crippen LogP contribution in [0.1, 0.15) is 23.2 Å². The molecular weight excluding hydrogens is 584 g/mol. The molecule has 15 heteroatoms. The van der Waals surface area contributed by atoms with E-state index in [4.69, 9.17) is 11.5 Å². The van der Waals surface area contributed by atoms with Gasteiger partial charge in [-0.05, 0) is 35.7 Å². The van der Waals surface area contributed by atoms with Gasteiger partial charge in [-0.1, -0.05) is 30.3 Å². The lowest BCUT2D eigenvalue weighted by atomic mass is 10.0. The van der Waals surface area contributed by atoms with Crippen LogP contribution < -0.4 is 27.4 Å². The number of carboxylic acid groups (broad SMARTS) is 1. The summed E-state index contributed by atoms with van der Waals surface area (Å²) >= 11 is 0. The predicted molar refractivity (Wildman–Crippen MR) is 161 cm³/mol. The number of nitrogens with two attached hydrogens (primary N) is 2. The van der Waals surface area contributed by atoms with E-state index in [1.807, 2.05) is 18.2 Å². The smallest absolute Gasteiger partial charge is 0.326 e. The topological polar surface area (TPSA) is 258 Å². The molecule has 0 aliphatic heterocycles. The number of aliphatic carboxylic acids is 1. The molecule has 0 saturated carbocycles. The van der Waals surface area contributed by atoms with Crippen LogP contribution in [-0.4, -0.2) is 78.9 Å². The number of aromatic hydroxyl groups is 1. The molecule has 4 atom stereocenters. The number of para-hydroxylation sites is 1. The van der Waals surface area contributed by atoms with Crippen LogP contribution in [0.3, 0.4) is 0 Å². The number of aromatic amines is 2. The van der Waals surface area contributed by atoms with E-state index in [-0.39, 0.29) is 25.0 Å². The van der Waals surface area contributed by atoms with Crippen molar-refractivity contribution in [1.82, 2.24) is 30.9 Å². The normalized spacial score (nSPS) is 13.7. The van der Waals surface area contributed by atoms with E-state index in [2.05, 4.69) is 30.9 Å². The SMILES string of the molecule is NC(=O)CC(NC(=O)C(N)Cc1ccc(O)cc1)C(=O)NC(Cc1c[nH]c2ccccc12)C(=O)NC(Cc1cnc[nH]1)C(=O)O. The minimum Gasteiger partial charge on any atom is -0.508 e. The van der Waals surface area contributed by atoms with Crippen LogP contribution in [0.4, 0.5) is 0 Å². The van der Waals surface area contributed by atoms with Crippen LogP contribution in [0.25, 0.3) is 10.9 Å². The van der Waals surface area contributed by atoms with Gasteiger partial charge < -0.3 is 47.6 Å². The van der Waals surface area contributed by atoms with Gasteiger partial charge in [-0.3, -0.25) is 19.2 Å². The van der Waals surface area contributed by atoms with Crippen molar-refractivity contribution >= 4 is 40.5 Å². The molecule has 4 amide bonds. The number of hydrogen-bond acceptors (Lipinski definition) is 8. The Labute approximate surface area is 256 Å². The first-order valence-corrected chi connectivity index (χ1v) is 14.0. The van der Waals surface area contributed by atoms with E-state index >= 15 is 0 Å². The monoisotopic (exact) mass is 618 g/mol. The van der Waals surface area contributed by atoms with Crippen LogP contribution in [0.5, 0.6) is 5.75 Å². The van der Waals surface area contributed by atoms with Crippen molar-refractivity contribution in [1.29, 1.82) is 0 Å². The zero-order chi connectivity index (χ0) is 32.5. The molecule has 2 aromatic heterocycles. The Morgan fingerprint density at radius 2 is 1.49 bits per heavy atom. The second-order valence-electron chi connectivity index (χ2n) is 10.5. The molecule has 4 rings (SSSR count). The Hall–Kier alpha value is -5.70. The van der Waals surface area contributed by atoms with Crippen molar-refractivity contribution in [3.05, 3.63) is 84.1 Å². The molecule has 0 radical (unpaired) electrons. The fraction of sp³-hybridized carbons (Fsp3) is 0.267. The third kappa shape index (κ3) is 8.90. The van der Waals surface area contributed by atoms with Gasteiger partial charge >= 0.3 is 5.97 Å². The molecule has 0 bridgehead atoms. The Balaban J connectivity index is 1.53. The number of H-pyrrole nitrogens is 2. The molecule has 0 saturated heterocycles. The van der Waals surface area contributed by atoms with Gasteiger partial charge in [-0.2, -0.15) is 0 Å². The fourth-order valence-corrected chi connectivity index (χ4v) is 4.76. The van der Waals surface area contributed by atoms with Crippen molar-refractivity contribution in [2.45, 2.75) is 49.9 Å². The zero-order valence-corrected chi connectivity index (χ0v) is 24.0. The minimum atomic E-state index is -1.49. The van der Waals surface area contributed by atoms with Crippen molar-refractivity contribution in [2.75, 3.05) is 0 Å². The highest BCUT2D eigenvalue weighted by Gasteiger charge is 2.32. The lowest BCUT2D eigenvalue weighted by molar-refractivity contribution is -0.142. The van der Waals surface area contributed by atoms with E-state index in [1.54, 1.807) is 24.4 Å². The van der Waals surface area contributed by atoms with Crippen LogP contribution in [0, 0.1) is 0 Å². The molecule has 2 aromatic carbocycles. The van der Waals surface area contributed by atoms with Gasteiger partial charge in [-0.25, -0.2) is 9.78 Å². The van der Waals surface area contributed by atoms with Gasteiger partial charge in [0.15, 0.2) is 0 Å². The average molecular weight is 619 g/mol. The first kappa shape index (κ1) is 32.2. The molecule has 0 fully saturated rings. The summed E-state index contributed by atoms with van der Waals surface area (Å²) in [4.78, 5) is 73.6. The number of fused-ring (bicyclic) bond motifs is 1. The van der Waals surface area contributed by atoms with Crippen LogP contribution >= 0.6 is 0 Å². The molecule has 0 spiro atoms. The number of aromatic nitrogens is 3. The zero-order valence-electron chi connectivity index (χ0n) is 24.0. The van der Waals surface area contributed by atoms with Crippen LogP contribution in [0.15, 0.2) is 67.3 Å². The van der Waals surface area contributed by atoms with Crippen molar-refractivity contribution < 1.29 is 34.2 Å². The molecule has 15 nitrogen and oxygen atoms in total. The molecule has 0 aliphatic rings. The van der Waals surface area contributed by atoms with E-state index < -0.39 is 60.2 Å². The lowest BCUT2D eigenvalue weighted by Gasteiger charge is -2.25. The first-order chi connectivity index (χ1) is 21.5. The van der Waals surface area contributed by atoms with Crippen molar-refractivity contribution in [2.24, 2.45) is 11.5 Å². The number of amides is 4. The third-order valence-corrected chi connectivity index (χ3v) is 7.09. The second-order valence-corrected chi connectivity index (χ2v) is 10.5. The summed E-state index contributed by atoms with van der Waals surface area (Å²) in [7, 11) is 0. The summed E-state index contributed by atoms with van der Waals surface area (Å²) in [5, 5.41) is 27.5. The van der Waals surface area contributed by atoms with Gasteiger partial charge in [0, 0.05) is 41.8 Å². The number of carbonyl (C=O) groups excluding carboxylic acids is 4. The number of imidazole rings is 1. The molecule has 236 valence electrons. The summed E-state index contributed by atoms with van der Waals surface area (Å²) in [5.41, 5.74) is 13.9. The Morgan fingerprint density at radius 1 is 0.822 bits per heavy atom. The summed E-state index contributed by atoms with van der Waals surface area (Å²) in [6.07, 6.45) is 3.78. The summed E-state index contributed by atoms with van der Waals surface area (Å²) in [6.45, 7) is 0. The molecule has 0 aliphatic carbocycles. The molecule has 11 N–H and O–H groups in total. The minimum absolute atomic E-state index is 0.0391. The third-order valence-electron chi connectivity index (χ3n) is 7.09. The standard InChI is InChI=1S/C30H34N8O7/c31-21(9-16-5-7-19(39)8-6-16)27(41)36-24(12-26(32)40)29(43)37-23(10-17-13-34-22-4-2-1-3-20(17)22)28(42)38-25(30(44)45)11-18-14-33-15-35-18/h1-8,13-15,21,23-25,34,39H,9-12,31H2,(H2,32,40)(H,33,35)(H,36,41)(H,37,43)(H,38,42)(H,44,45). The number of rotatable bonds is 15. The number of nitrogens with one attached hydrogen (secondary N) is 5. The van der Waals surface area contributed by atoms with E-state index in [9.17, 15) is 34.2 Å². The molecule has 45 heavy (non-hydrogen) atoms. The maximum atomic E-state index is 13.5. The number of primary amides is 1. The largest absolute Gasteiger partial charge is 0.508 e. The number of carbonyl (C=O) groups is 5. The highest BCUT2D eigenvalue weighted by molar-refractivity contribution is 5.96. The van der Waals surface area contributed by atoms with Gasteiger partial charge in [0.25, 0.3) is 0 Å². The second kappa shape index (κ2) is 14.7. The number of hydrogen-bond donors (Lipinski definition) is 9. The number of phenols is 1. The van der Waals surface area contributed by atoms with Gasteiger partial charge in [0.05, 0.1) is 18.8 Å². The van der Waals surface area contributed by atoms with Crippen molar-refractivity contribution in [3.8, 4) is 5.75 Å². The number of phenolic OH excluding ortho intramolecular Hbond substituents is 1. The predicted octanol–water partition coefficient (Wildman–Crippen LogP) is -0.634. The van der Waals surface area contributed by atoms with E-state index in [0.717, 1.165) is 10.9 Å². The lowest BCUT2D eigenvalue weighted by Crippen LogP contribution is -2.58. The Kier molecular flexibility index (Phi) is 10.5.